The van der Waals surface area contributed by atoms with Gasteiger partial charge in [0.05, 0.1) is 0 Å². The minimum absolute atomic E-state index is 0.358. The van der Waals surface area contributed by atoms with Crippen LogP contribution in [0.1, 0.15) is 25.3 Å². The summed E-state index contributed by atoms with van der Waals surface area (Å²) in [6.45, 7) is 3.17. The summed E-state index contributed by atoms with van der Waals surface area (Å²) >= 11 is 0. The molecule has 0 saturated carbocycles. The zero-order valence-electron chi connectivity index (χ0n) is 12.2. The van der Waals surface area contributed by atoms with E-state index in [0.29, 0.717) is 24.6 Å². The fraction of sp³-hybridized carbons (Fsp3) is 0.438. The summed E-state index contributed by atoms with van der Waals surface area (Å²) in [4.78, 5) is 4.42. The highest BCUT2D eigenvalue weighted by Crippen LogP contribution is 2.11. The topological polar surface area (TPSA) is 36.4 Å². The Morgan fingerprint density at radius 3 is 2.76 bits per heavy atom. The second kappa shape index (κ2) is 7.76. The SMILES string of the molecule is CCNC(=NCCc1cc(F)ccc1F)NC1CC=CC1. The van der Waals surface area contributed by atoms with Crippen LogP contribution in [0.25, 0.3) is 0 Å². The Morgan fingerprint density at radius 1 is 1.29 bits per heavy atom. The lowest BCUT2D eigenvalue weighted by Gasteiger charge is -2.16. The molecule has 0 aromatic heterocycles. The number of benzene rings is 1. The van der Waals surface area contributed by atoms with Crippen molar-refractivity contribution in [3.8, 4) is 0 Å². The Kier molecular flexibility index (Phi) is 5.72. The van der Waals surface area contributed by atoms with Crippen molar-refractivity contribution in [2.24, 2.45) is 4.99 Å². The van der Waals surface area contributed by atoms with E-state index in [9.17, 15) is 8.78 Å². The first-order chi connectivity index (χ1) is 10.2. The summed E-state index contributed by atoms with van der Waals surface area (Å²) in [6, 6.07) is 3.88. The molecule has 0 aliphatic heterocycles. The maximum Gasteiger partial charge on any atom is 0.191 e. The smallest absolute Gasteiger partial charge is 0.191 e. The van der Waals surface area contributed by atoms with Crippen LogP contribution >= 0.6 is 0 Å². The highest BCUT2D eigenvalue weighted by atomic mass is 19.1. The minimum atomic E-state index is -0.419. The normalized spacial score (nSPS) is 15.5. The molecule has 0 atom stereocenters. The Hall–Kier alpha value is -1.91. The second-order valence-corrected chi connectivity index (χ2v) is 5.03. The van der Waals surface area contributed by atoms with Crippen LogP contribution in [0.4, 0.5) is 8.78 Å². The van der Waals surface area contributed by atoms with Crippen molar-refractivity contribution >= 4 is 5.96 Å². The highest BCUT2D eigenvalue weighted by molar-refractivity contribution is 5.80. The Labute approximate surface area is 124 Å². The predicted octanol–water partition coefficient (Wildman–Crippen LogP) is 2.78. The van der Waals surface area contributed by atoms with E-state index in [2.05, 4.69) is 27.8 Å². The molecule has 0 heterocycles. The molecule has 1 aromatic carbocycles. The maximum atomic E-state index is 13.5. The maximum absolute atomic E-state index is 13.5. The van der Waals surface area contributed by atoms with Crippen LogP contribution in [-0.2, 0) is 6.42 Å². The Bertz CT molecular complexity index is 518. The largest absolute Gasteiger partial charge is 0.357 e. The number of nitrogens with zero attached hydrogens (tertiary/aromatic N) is 1. The number of guanidine groups is 1. The molecule has 1 aromatic rings. The number of aliphatic imine (C=N–C) groups is 1. The lowest BCUT2D eigenvalue weighted by molar-refractivity contribution is 0.584. The van der Waals surface area contributed by atoms with Gasteiger partial charge in [0, 0.05) is 19.1 Å². The average molecular weight is 293 g/mol. The van der Waals surface area contributed by atoms with Crippen LogP contribution in [0.3, 0.4) is 0 Å². The van der Waals surface area contributed by atoms with Gasteiger partial charge in [0.15, 0.2) is 5.96 Å². The molecule has 1 aliphatic carbocycles. The Balaban J connectivity index is 1.90. The van der Waals surface area contributed by atoms with Crippen molar-refractivity contribution in [1.29, 1.82) is 0 Å². The van der Waals surface area contributed by atoms with E-state index in [1.54, 1.807) is 0 Å². The molecule has 114 valence electrons. The van der Waals surface area contributed by atoms with Gasteiger partial charge < -0.3 is 10.6 Å². The number of hydrogen-bond donors (Lipinski definition) is 2. The lowest BCUT2D eigenvalue weighted by Crippen LogP contribution is -2.42. The van der Waals surface area contributed by atoms with E-state index in [1.165, 1.54) is 6.07 Å². The molecule has 0 unspecified atom stereocenters. The number of rotatable bonds is 5. The van der Waals surface area contributed by atoms with Crippen molar-refractivity contribution in [3.05, 3.63) is 47.5 Å². The van der Waals surface area contributed by atoms with Gasteiger partial charge in [0.2, 0.25) is 0 Å². The van der Waals surface area contributed by atoms with Gasteiger partial charge in [-0.25, -0.2) is 8.78 Å². The molecule has 0 saturated heterocycles. The minimum Gasteiger partial charge on any atom is -0.357 e. The van der Waals surface area contributed by atoms with Gasteiger partial charge in [-0.15, -0.1) is 0 Å². The van der Waals surface area contributed by atoms with Crippen LogP contribution in [0.5, 0.6) is 0 Å². The quantitative estimate of drug-likeness (QED) is 0.497. The summed E-state index contributed by atoms with van der Waals surface area (Å²) in [6.07, 6.45) is 6.64. The van der Waals surface area contributed by atoms with Crippen LogP contribution in [0, 0.1) is 11.6 Å². The third-order valence-electron chi connectivity index (χ3n) is 3.35. The van der Waals surface area contributed by atoms with E-state index < -0.39 is 5.82 Å². The number of hydrogen-bond acceptors (Lipinski definition) is 1. The summed E-state index contributed by atoms with van der Waals surface area (Å²) < 4.78 is 26.6. The molecule has 3 nitrogen and oxygen atoms in total. The molecule has 2 rings (SSSR count). The molecule has 21 heavy (non-hydrogen) atoms. The van der Waals surface area contributed by atoms with Gasteiger partial charge in [0.25, 0.3) is 0 Å². The first-order valence-electron chi connectivity index (χ1n) is 7.33. The molecule has 0 spiro atoms. The standard InChI is InChI=1S/C16H21F2N3/c1-2-19-16(21-14-5-3-4-6-14)20-10-9-12-11-13(17)7-8-15(12)18/h3-4,7-8,11,14H,2,5-6,9-10H2,1H3,(H2,19,20,21). The van der Waals surface area contributed by atoms with E-state index in [4.69, 9.17) is 0 Å². The van der Waals surface area contributed by atoms with Gasteiger partial charge >= 0.3 is 0 Å². The van der Waals surface area contributed by atoms with E-state index in [1.807, 2.05) is 6.92 Å². The third-order valence-corrected chi connectivity index (χ3v) is 3.35. The van der Waals surface area contributed by atoms with Crippen LogP contribution in [-0.4, -0.2) is 25.1 Å². The molecular formula is C16H21F2N3. The van der Waals surface area contributed by atoms with Gasteiger partial charge in [-0.2, -0.15) is 0 Å². The molecule has 1 aliphatic rings. The molecule has 2 N–H and O–H groups in total. The lowest BCUT2D eigenvalue weighted by atomic mass is 10.1. The monoisotopic (exact) mass is 293 g/mol. The summed E-state index contributed by atoms with van der Waals surface area (Å²) in [5.74, 6) is -0.0787. The molecule has 0 fully saturated rings. The third kappa shape index (κ3) is 4.85. The highest BCUT2D eigenvalue weighted by Gasteiger charge is 2.11. The zero-order chi connectivity index (χ0) is 15.1. The van der Waals surface area contributed by atoms with Gasteiger partial charge in [-0.1, -0.05) is 12.2 Å². The number of halogens is 2. The van der Waals surface area contributed by atoms with E-state index in [-0.39, 0.29) is 5.82 Å². The molecule has 0 radical (unpaired) electrons. The van der Waals surface area contributed by atoms with Crippen LogP contribution in [0.2, 0.25) is 0 Å². The van der Waals surface area contributed by atoms with E-state index in [0.717, 1.165) is 37.5 Å². The van der Waals surface area contributed by atoms with Crippen molar-refractivity contribution in [3.63, 3.8) is 0 Å². The predicted molar refractivity (Wildman–Crippen MR) is 81.3 cm³/mol. The van der Waals surface area contributed by atoms with Crippen molar-refractivity contribution < 1.29 is 8.78 Å². The summed E-state index contributed by atoms with van der Waals surface area (Å²) in [5, 5.41) is 6.50. The summed E-state index contributed by atoms with van der Waals surface area (Å²) in [7, 11) is 0. The molecule has 5 heteroatoms. The van der Waals surface area contributed by atoms with Crippen LogP contribution < -0.4 is 10.6 Å². The molecule has 0 bridgehead atoms. The number of nitrogens with one attached hydrogen (secondary N) is 2. The van der Waals surface area contributed by atoms with Gasteiger partial charge in [-0.3, -0.25) is 4.99 Å². The van der Waals surface area contributed by atoms with Crippen LogP contribution in [0.15, 0.2) is 35.3 Å². The fourth-order valence-electron chi connectivity index (χ4n) is 2.27. The van der Waals surface area contributed by atoms with Crippen molar-refractivity contribution in [2.75, 3.05) is 13.1 Å². The fourth-order valence-corrected chi connectivity index (χ4v) is 2.27. The average Bonchev–Trinajstić information content (AvgIpc) is 2.96. The Morgan fingerprint density at radius 2 is 2.05 bits per heavy atom. The van der Waals surface area contributed by atoms with Gasteiger partial charge in [0.1, 0.15) is 11.6 Å². The first-order valence-corrected chi connectivity index (χ1v) is 7.33. The van der Waals surface area contributed by atoms with E-state index >= 15 is 0 Å². The first kappa shape index (κ1) is 15.5. The summed E-state index contributed by atoms with van der Waals surface area (Å²) in [5.41, 5.74) is 0.358. The zero-order valence-corrected chi connectivity index (χ0v) is 12.2. The van der Waals surface area contributed by atoms with Crippen molar-refractivity contribution in [2.45, 2.75) is 32.2 Å². The van der Waals surface area contributed by atoms with Gasteiger partial charge in [-0.05, 0) is 49.9 Å². The van der Waals surface area contributed by atoms with Crippen molar-refractivity contribution in [1.82, 2.24) is 10.6 Å². The second-order valence-electron chi connectivity index (χ2n) is 5.03. The molecular weight excluding hydrogens is 272 g/mol. The molecule has 0 amide bonds.